The van der Waals surface area contributed by atoms with Gasteiger partial charge in [-0.25, -0.2) is 9.79 Å². The van der Waals surface area contributed by atoms with Crippen molar-refractivity contribution < 1.29 is 4.42 Å². The molecule has 0 atom stereocenters. The zero-order valence-corrected chi connectivity index (χ0v) is 20.0. The Hall–Kier alpha value is -3.77. The first-order valence-electron chi connectivity index (χ1n) is 11.5. The van der Waals surface area contributed by atoms with Crippen molar-refractivity contribution in [3.63, 3.8) is 0 Å². The Bertz CT molecular complexity index is 1420. The molecule has 4 aromatic rings. The van der Waals surface area contributed by atoms with Gasteiger partial charge in [0.2, 0.25) is 0 Å². The first kappa shape index (κ1) is 23.4. The molecule has 0 spiro atoms. The molecular formula is C28H30N4O2. The van der Waals surface area contributed by atoms with Crippen LogP contribution in [0, 0.1) is 13.8 Å². The van der Waals surface area contributed by atoms with Crippen LogP contribution < -0.4 is 16.4 Å². The van der Waals surface area contributed by atoms with E-state index in [9.17, 15) is 4.79 Å². The first-order chi connectivity index (χ1) is 16.4. The normalized spacial score (nSPS) is 11.8. The quantitative estimate of drug-likeness (QED) is 0.316. The van der Waals surface area contributed by atoms with Crippen LogP contribution in [0.25, 0.3) is 16.7 Å². The third-order valence-electron chi connectivity index (χ3n) is 5.73. The second-order valence-electron chi connectivity index (χ2n) is 8.55. The van der Waals surface area contributed by atoms with Crippen molar-refractivity contribution >= 4 is 16.7 Å². The van der Waals surface area contributed by atoms with Gasteiger partial charge in [0.05, 0.1) is 22.6 Å². The van der Waals surface area contributed by atoms with E-state index in [0.29, 0.717) is 22.3 Å². The number of aryl methyl sites for hydroxylation is 4. The number of hydrogen-bond acceptors (Lipinski definition) is 5. The van der Waals surface area contributed by atoms with Crippen molar-refractivity contribution in [3.8, 4) is 0 Å². The lowest BCUT2D eigenvalue weighted by molar-refractivity contribution is 0.557. The Morgan fingerprint density at radius 1 is 1.12 bits per heavy atom. The largest absolute Gasteiger partial charge is 0.422 e. The summed E-state index contributed by atoms with van der Waals surface area (Å²) in [6.45, 7) is 9.62. The summed E-state index contributed by atoms with van der Waals surface area (Å²) in [5.74, 6) is 0. The number of nitrogens with one attached hydrogen (secondary N) is 1. The lowest BCUT2D eigenvalue weighted by atomic mass is 10.1. The minimum atomic E-state index is -0.441. The molecule has 0 amide bonds. The molecule has 1 N–H and O–H groups in total. The summed E-state index contributed by atoms with van der Waals surface area (Å²) in [6, 6.07) is 18.2. The topological polar surface area (TPSA) is 72.4 Å². The summed E-state index contributed by atoms with van der Waals surface area (Å²) in [6.07, 6.45) is 3.79. The van der Waals surface area contributed by atoms with E-state index in [-0.39, 0.29) is 0 Å². The van der Waals surface area contributed by atoms with E-state index in [2.05, 4.69) is 52.2 Å². The maximum Gasteiger partial charge on any atom is 0.345 e. The van der Waals surface area contributed by atoms with Crippen LogP contribution in [0.1, 0.15) is 34.5 Å². The van der Waals surface area contributed by atoms with Crippen molar-refractivity contribution in [1.82, 2.24) is 14.9 Å². The monoisotopic (exact) mass is 454 g/mol. The lowest BCUT2D eigenvalue weighted by Gasteiger charge is -2.08. The minimum absolute atomic E-state index is 0.352. The Balaban J connectivity index is 1.46. The Morgan fingerprint density at radius 3 is 2.68 bits per heavy atom. The summed E-state index contributed by atoms with van der Waals surface area (Å²) < 4.78 is 7.52. The summed E-state index contributed by atoms with van der Waals surface area (Å²) in [7, 11) is 1.90. The van der Waals surface area contributed by atoms with Crippen molar-refractivity contribution in [2.75, 3.05) is 6.54 Å². The maximum absolute atomic E-state index is 12.7. The number of rotatable bonds is 8. The zero-order valence-electron chi connectivity index (χ0n) is 20.0. The second-order valence-corrected chi connectivity index (χ2v) is 8.55. The van der Waals surface area contributed by atoms with E-state index in [1.54, 1.807) is 6.07 Å². The summed E-state index contributed by atoms with van der Waals surface area (Å²) >= 11 is 0. The molecule has 2 heterocycles. The van der Waals surface area contributed by atoms with Crippen molar-refractivity contribution in [2.45, 2.75) is 33.2 Å². The van der Waals surface area contributed by atoms with Gasteiger partial charge in [-0.2, -0.15) is 0 Å². The standard InChI is InChI=1S/C28H30N4O2/c1-19-18-32(4)27(21(3)30-19)31-20(2)25-16-24-13-12-22(15-26(24)34-28(25)33)11-8-14-29-17-23-9-6-5-7-10-23/h5-7,9-10,12-13,15-16,18,29H,2,8,11,14,17H2,1,3-4H3. The molecule has 2 aromatic carbocycles. The Morgan fingerprint density at radius 2 is 1.91 bits per heavy atom. The molecule has 0 bridgehead atoms. The van der Waals surface area contributed by atoms with Gasteiger partial charge in [0.1, 0.15) is 5.58 Å². The molecule has 0 radical (unpaired) electrons. The van der Waals surface area contributed by atoms with Crippen LogP contribution in [0.2, 0.25) is 0 Å². The van der Waals surface area contributed by atoms with Crippen LogP contribution in [-0.2, 0) is 20.0 Å². The van der Waals surface area contributed by atoms with E-state index in [4.69, 9.17) is 4.42 Å². The van der Waals surface area contributed by atoms with E-state index in [0.717, 1.165) is 48.3 Å². The molecular weight excluding hydrogens is 424 g/mol. The van der Waals surface area contributed by atoms with Gasteiger partial charge in [0, 0.05) is 25.2 Å². The molecule has 0 saturated heterocycles. The molecule has 0 aliphatic heterocycles. The third-order valence-corrected chi connectivity index (χ3v) is 5.73. The summed E-state index contributed by atoms with van der Waals surface area (Å²) in [4.78, 5) is 21.7. The highest BCUT2D eigenvalue weighted by Crippen LogP contribution is 2.20. The highest BCUT2D eigenvalue weighted by Gasteiger charge is 2.10. The van der Waals surface area contributed by atoms with E-state index in [1.165, 1.54) is 5.56 Å². The number of aromatic nitrogens is 2. The summed E-state index contributed by atoms with van der Waals surface area (Å²) in [5.41, 5.74) is 5.60. The van der Waals surface area contributed by atoms with E-state index >= 15 is 0 Å². The van der Waals surface area contributed by atoms with Crippen molar-refractivity contribution in [1.29, 1.82) is 0 Å². The van der Waals surface area contributed by atoms with Crippen LogP contribution in [0.3, 0.4) is 0 Å². The van der Waals surface area contributed by atoms with Crippen LogP contribution in [0.5, 0.6) is 0 Å². The minimum Gasteiger partial charge on any atom is -0.422 e. The highest BCUT2D eigenvalue weighted by atomic mass is 16.4. The molecule has 4 rings (SSSR count). The maximum atomic E-state index is 12.7. The molecule has 34 heavy (non-hydrogen) atoms. The van der Waals surface area contributed by atoms with Crippen molar-refractivity contribution in [2.24, 2.45) is 12.0 Å². The van der Waals surface area contributed by atoms with Gasteiger partial charge < -0.3 is 14.3 Å². The molecule has 2 aromatic heterocycles. The molecule has 0 fully saturated rings. The molecule has 0 aliphatic rings. The predicted octanol–water partition coefficient (Wildman–Crippen LogP) is 4.44. The molecule has 6 nitrogen and oxygen atoms in total. The van der Waals surface area contributed by atoms with Gasteiger partial charge in [-0.15, -0.1) is 0 Å². The fourth-order valence-corrected chi connectivity index (χ4v) is 4.05. The molecule has 0 saturated carbocycles. The second kappa shape index (κ2) is 10.4. The van der Waals surface area contributed by atoms with Crippen molar-refractivity contribution in [3.05, 3.63) is 111 Å². The average Bonchev–Trinajstić information content (AvgIpc) is 2.81. The highest BCUT2D eigenvalue weighted by molar-refractivity contribution is 5.80. The van der Waals surface area contributed by atoms with Gasteiger partial charge in [-0.3, -0.25) is 4.98 Å². The Kier molecular flexibility index (Phi) is 7.18. The molecule has 174 valence electrons. The molecule has 6 heteroatoms. The van der Waals surface area contributed by atoms with Crippen LogP contribution >= 0.6 is 0 Å². The van der Waals surface area contributed by atoms with Gasteiger partial charge in [-0.05, 0) is 56.5 Å². The van der Waals surface area contributed by atoms with Gasteiger partial charge >= 0.3 is 5.63 Å². The fourth-order valence-electron chi connectivity index (χ4n) is 4.05. The SMILES string of the molecule is C=C(N=c1c(C)nc(C)cn1C)c1cc2ccc(CCCNCc3ccccc3)cc2oc1=O. The molecule has 0 unspecified atom stereocenters. The van der Waals surface area contributed by atoms with Gasteiger partial charge in [-0.1, -0.05) is 49.0 Å². The first-order valence-corrected chi connectivity index (χ1v) is 11.5. The zero-order chi connectivity index (χ0) is 24.1. The number of benzene rings is 2. The van der Waals surface area contributed by atoms with Crippen LogP contribution in [0.15, 0.2) is 81.6 Å². The van der Waals surface area contributed by atoms with E-state index < -0.39 is 5.63 Å². The average molecular weight is 455 g/mol. The number of nitrogens with zero attached hydrogens (tertiary/aromatic N) is 3. The fraction of sp³-hybridized carbons (Fsp3) is 0.250. The Labute approximate surface area is 199 Å². The van der Waals surface area contributed by atoms with Gasteiger partial charge in [0.25, 0.3) is 0 Å². The predicted molar refractivity (Wildman–Crippen MR) is 136 cm³/mol. The van der Waals surface area contributed by atoms with Crippen LogP contribution in [0.4, 0.5) is 0 Å². The third kappa shape index (κ3) is 5.58. The smallest absolute Gasteiger partial charge is 0.345 e. The molecule has 0 aliphatic carbocycles. The lowest BCUT2D eigenvalue weighted by Crippen LogP contribution is -2.23. The summed E-state index contributed by atoms with van der Waals surface area (Å²) in [5, 5.41) is 4.32. The van der Waals surface area contributed by atoms with E-state index in [1.807, 2.05) is 49.9 Å². The van der Waals surface area contributed by atoms with Crippen LogP contribution in [-0.4, -0.2) is 16.1 Å². The van der Waals surface area contributed by atoms with Gasteiger partial charge in [0.15, 0.2) is 5.49 Å². The number of hydrogen-bond donors (Lipinski definition) is 1. The number of fused-ring (bicyclic) bond motifs is 1.